The lowest BCUT2D eigenvalue weighted by Crippen LogP contribution is -2.40. The highest BCUT2D eigenvalue weighted by Gasteiger charge is 2.21. The Kier molecular flexibility index (Phi) is 4.64. The molecule has 0 saturated carbocycles. The molecule has 1 aromatic heterocycles. The van der Waals surface area contributed by atoms with E-state index in [0.29, 0.717) is 11.4 Å². The summed E-state index contributed by atoms with van der Waals surface area (Å²) < 4.78 is 17.9. The van der Waals surface area contributed by atoms with Crippen LogP contribution in [-0.4, -0.2) is 27.3 Å². The van der Waals surface area contributed by atoms with Crippen molar-refractivity contribution >= 4 is 5.97 Å². The highest BCUT2D eigenvalue weighted by molar-refractivity contribution is 5.73. The monoisotopic (exact) mass is 293 g/mol. The molecule has 6 nitrogen and oxygen atoms in total. The van der Waals surface area contributed by atoms with Gasteiger partial charge in [-0.05, 0) is 30.2 Å². The molecule has 7 heteroatoms. The Hall–Kier alpha value is -2.28. The molecule has 0 aliphatic heterocycles. The molecule has 0 aliphatic carbocycles. The SMILES string of the molecule is CC(C)C(NCc1noc(-c2ccc(F)cc2)n1)C(=O)O. The van der Waals surface area contributed by atoms with Crippen LogP contribution in [0.5, 0.6) is 0 Å². The molecule has 0 spiro atoms. The molecule has 1 unspecified atom stereocenters. The van der Waals surface area contributed by atoms with Gasteiger partial charge in [-0.1, -0.05) is 19.0 Å². The van der Waals surface area contributed by atoms with Gasteiger partial charge in [0.15, 0.2) is 5.82 Å². The highest BCUT2D eigenvalue weighted by Crippen LogP contribution is 2.17. The van der Waals surface area contributed by atoms with Crippen molar-refractivity contribution in [2.75, 3.05) is 0 Å². The summed E-state index contributed by atoms with van der Waals surface area (Å²) in [4.78, 5) is 15.2. The van der Waals surface area contributed by atoms with Crippen LogP contribution in [0.4, 0.5) is 4.39 Å². The molecule has 0 fully saturated rings. The second-order valence-electron chi connectivity index (χ2n) is 4.96. The van der Waals surface area contributed by atoms with E-state index in [4.69, 9.17) is 9.63 Å². The Morgan fingerprint density at radius 2 is 2.05 bits per heavy atom. The fourth-order valence-corrected chi connectivity index (χ4v) is 1.84. The third-order valence-electron chi connectivity index (χ3n) is 2.97. The summed E-state index contributed by atoms with van der Waals surface area (Å²) in [6, 6.07) is 4.99. The van der Waals surface area contributed by atoms with Gasteiger partial charge in [-0.2, -0.15) is 4.98 Å². The Morgan fingerprint density at radius 1 is 1.38 bits per heavy atom. The second kappa shape index (κ2) is 6.45. The van der Waals surface area contributed by atoms with E-state index in [1.54, 1.807) is 0 Å². The molecular weight excluding hydrogens is 277 g/mol. The minimum absolute atomic E-state index is 0.0639. The maximum Gasteiger partial charge on any atom is 0.320 e. The number of carbonyl (C=O) groups is 1. The minimum Gasteiger partial charge on any atom is -0.480 e. The van der Waals surface area contributed by atoms with Crippen LogP contribution >= 0.6 is 0 Å². The Labute approximate surface area is 121 Å². The van der Waals surface area contributed by atoms with Crippen LogP contribution in [-0.2, 0) is 11.3 Å². The van der Waals surface area contributed by atoms with Crippen molar-refractivity contribution in [2.24, 2.45) is 5.92 Å². The van der Waals surface area contributed by atoms with Gasteiger partial charge in [0.05, 0.1) is 6.54 Å². The van der Waals surface area contributed by atoms with Crippen molar-refractivity contribution in [3.05, 3.63) is 35.9 Å². The molecular formula is C14H16FN3O3. The normalized spacial score (nSPS) is 12.6. The highest BCUT2D eigenvalue weighted by atomic mass is 19.1. The summed E-state index contributed by atoms with van der Waals surface area (Å²) in [7, 11) is 0. The lowest BCUT2D eigenvalue weighted by atomic mass is 10.1. The van der Waals surface area contributed by atoms with Crippen molar-refractivity contribution in [3.63, 3.8) is 0 Å². The fraction of sp³-hybridized carbons (Fsp3) is 0.357. The van der Waals surface area contributed by atoms with Gasteiger partial charge in [0, 0.05) is 5.56 Å². The standard InChI is InChI=1S/C14H16FN3O3/c1-8(2)12(14(19)20)16-7-11-17-13(21-18-11)9-3-5-10(15)6-4-9/h3-6,8,12,16H,7H2,1-2H3,(H,19,20). The predicted molar refractivity (Wildman–Crippen MR) is 72.8 cm³/mol. The molecule has 2 rings (SSSR count). The summed E-state index contributed by atoms with van der Waals surface area (Å²) in [5.74, 6) is -0.718. The van der Waals surface area contributed by atoms with Crippen molar-refractivity contribution in [1.29, 1.82) is 0 Å². The average molecular weight is 293 g/mol. The van der Waals surface area contributed by atoms with Gasteiger partial charge < -0.3 is 9.63 Å². The minimum atomic E-state index is -0.924. The van der Waals surface area contributed by atoms with Gasteiger partial charge in [0.25, 0.3) is 5.89 Å². The maximum atomic E-state index is 12.8. The van der Waals surface area contributed by atoms with Gasteiger partial charge in [0.2, 0.25) is 0 Å². The van der Waals surface area contributed by atoms with E-state index in [9.17, 15) is 9.18 Å². The molecule has 0 amide bonds. The Bertz CT molecular complexity index is 610. The van der Waals surface area contributed by atoms with Crippen LogP contribution in [0.1, 0.15) is 19.7 Å². The largest absolute Gasteiger partial charge is 0.480 e. The van der Waals surface area contributed by atoms with Crippen LogP contribution in [0.3, 0.4) is 0 Å². The molecule has 2 aromatic rings. The molecule has 112 valence electrons. The number of aliphatic carboxylic acids is 1. The fourth-order valence-electron chi connectivity index (χ4n) is 1.84. The molecule has 1 aromatic carbocycles. The van der Waals surface area contributed by atoms with Crippen LogP contribution in [0.2, 0.25) is 0 Å². The van der Waals surface area contributed by atoms with E-state index >= 15 is 0 Å². The van der Waals surface area contributed by atoms with E-state index < -0.39 is 12.0 Å². The molecule has 0 bridgehead atoms. The first-order valence-corrected chi connectivity index (χ1v) is 6.52. The van der Waals surface area contributed by atoms with E-state index in [2.05, 4.69) is 15.5 Å². The van der Waals surface area contributed by atoms with Crippen molar-refractivity contribution in [1.82, 2.24) is 15.5 Å². The summed E-state index contributed by atoms with van der Waals surface area (Å²) in [6.07, 6.45) is 0. The molecule has 1 heterocycles. The third-order valence-corrected chi connectivity index (χ3v) is 2.97. The Balaban J connectivity index is 2.03. The summed E-state index contributed by atoms with van der Waals surface area (Å²) >= 11 is 0. The summed E-state index contributed by atoms with van der Waals surface area (Å²) in [6.45, 7) is 3.80. The molecule has 21 heavy (non-hydrogen) atoms. The van der Waals surface area contributed by atoms with Crippen LogP contribution in [0, 0.1) is 11.7 Å². The summed E-state index contributed by atoms with van der Waals surface area (Å²) in [5, 5.41) is 15.7. The van der Waals surface area contributed by atoms with Gasteiger partial charge in [-0.25, -0.2) is 4.39 Å². The number of hydrogen-bond donors (Lipinski definition) is 2. The zero-order chi connectivity index (χ0) is 15.4. The smallest absolute Gasteiger partial charge is 0.320 e. The number of carboxylic acid groups (broad SMARTS) is 1. The van der Waals surface area contributed by atoms with Gasteiger partial charge in [-0.3, -0.25) is 10.1 Å². The Morgan fingerprint density at radius 3 is 2.62 bits per heavy atom. The van der Waals surface area contributed by atoms with Gasteiger partial charge in [-0.15, -0.1) is 0 Å². The van der Waals surface area contributed by atoms with Crippen LogP contribution < -0.4 is 5.32 Å². The molecule has 1 atom stereocenters. The first-order valence-electron chi connectivity index (χ1n) is 6.52. The number of nitrogens with one attached hydrogen (secondary N) is 1. The third kappa shape index (κ3) is 3.85. The number of carboxylic acids is 1. The number of nitrogens with zero attached hydrogens (tertiary/aromatic N) is 2. The number of rotatable bonds is 6. The topological polar surface area (TPSA) is 88.3 Å². The zero-order valence-electron chi connectivity index (χ0n) is 11.7. The van der Waals surface area contributed by atoms with E-state index in [1.165, 1.54) is 24.3 Å². The van der Waals surface area contributed by atoms with Gasteiger partial charge in [0.1, 0.15) is 11.9 Å². The number of hydrogen-bond acceptors (Lipinski definition) is 5. The molecule has 2 N–H and O–H groups in total. The molecule has 0 aliphatic rings. The van der Waals surface area contributed by atoms with Crippen LogP contribution in [0.15, 0.2) is 28.8 Å². The first-order chi connectivity index (χ1) is 9.97. The van der Waals surface area contributed by atoms with E-state index in [1.807, 2.05) is 13.8 Å². The van der Waals surface area contributed by atoms with E-state index in [0.717, 1.165) is 0 Å². The number of aromatic nitrogens is 2. The summed E-state index contributed by atoms with van der Waals surface area (Å²) in [5.41, 5.74) is 0.605. The van der Waals surface area contributed by atoms with Crippen molar-refractivity contribution in [2.45, 2.75) is 26.4 Å². The predicted octanol–water partition coefficient (Wildman–Crippen LogP) is 2.07. The first kappa shape index (κ1) is 15.1. The maximum absolute atomic E-state index is 12.8. The molecule has 0 saturated heterocycles. The van der Waals surface area contributed by atoms with E-state index in [-0.39, 0.29) is 24.2 Å². The zero-order valence-corrected chi connectivity index (χ0v) is 11.7. The van der Waals surface area contributed by atoms with Crippen molar-refractivity contribution < 1.29 is 18.8 Å². The van der Waals surface area contributed by atoms with Crippen molar-refractivity contribution in [3.8, 4) is 11.5 Å². The average Bonchev–Trinajstić information content (AvgIpc) is 2.87. The molecule has 0 radical (unpaired) electrons. The van der Waals surface area contributed by atoms with Gasteiger partial charge >= 0.3 is 5.97 Å². The number of halogens is 1. The number of benzene rings is 1. The lowest BCUT2D eigenvalue weighted by molar-refractivity contribution is -0.140. The van der Waals surface area contributed by atoms with Crippen LogP contribution in [0.25, 0.3) is 11.5 Å². The lowest BCUT2D eigenvalue weighted by Gasteiger charge is -2.16. The quantitative estimate of drug-likeness (QED) is 0.847. The second-order valence-corrected chi connectivity index (χ2v) is 4.96.